The van der Waals surface area contributed by atoms with Crippen LogP contribution in [0.25, 0.3) is 0 Å². The number of aliphatic hydroxyl groups is 1. The molecule has 3 N–H and O–H groups in total. The van der Waals surface area contributed by atoms with E-state index in [4.69, 9.17) is 10.5 Å². The van der Waals surface area contributed by atoms with Crippen molar-refractivity contribution in [2.45, 2.75) is 30.3 Å². The van der Waals surface area contributed by atoms with E-state index in [9.17, 15) is 13.5 Å². The van der Waals surface area contributed by atoms with E-state index in [1.807, 2.05) is 0 Å². The fourth-order valence-electron chi connectivity index (χ4n) is 2.24. The number of ether oxygens (including phenoxy) is 1. The lowest BCUT2D eigenvalue weighted by Crippen LogP contribution is -2.45. The Bertz CT molecular complexity index is 588. The zero-order valence-corrected chi connectivity index (χ0v) is 12.5. The smallest absolute Gasteiger partial charge is 0.246 e. The molecule has 0 amide bonds. The molecule has 112 valence electrons. The Hall–Kier alpha value is -1.31. The Morgan fingerprint density at radius 2 is 1.95 bits per heavy atom. The maximum atomic E-state index is 12.6. The van der Waals surface area contributed by atoms with Crippen LogP contribution in [0, 0.1) is 0 Å². The van der Waals surface area contributed by atoms with E-state index >= 15 is 0 Å². The maximum Gasteiger partial charge on any atom is 0.246 e. The van der Waals surface area contributed by atoms with Crippen molar-refractivity contribution in [3.8, 4) is 5.75 Å². The second kappa shape index (κ2) is 5.23. The van der Waals surface area contributed by atoms with Gasteiger partial charge >= 0.3 is 0 Å². The molecule has 1 aromatic rings. The third-order valence-electron chi connectivity index (χ3n) is 3.61. The first kappa shape index (κ1) is 15.1. The van der Waals surface area contributed by atoms with Crippen LogP contribution in [0.4, 0.5) is 5.69 Å². The number of methoxy groups -OCH3 is 1. The molecule has 20 heavy (non-hydrogen) atoms. The number of sulfonamides is 1. The molecular weight excluding hydrogens is 280 g/mol. The van der Waals surface area contributed by atoms with E-state index in [-0.39, 0.29) is 10.6 Å². The van der Waals surface area contributed by atoms with E-state index < -0.39 is 15.6 Å². The largest absolute Gasteiger partial charge is 0.495 e. The van der Waals surface area contributed by atoms with Gasteiger partial charge in [-0.05, 0) is 31.9 Å². The third-order valence-corrected chi connectivity index (χ3v) is 5.54. The number of anilines is 1. The van der Waals surface area contributed by atoms with Gasteiger partial charge in [-0.25, -0.2) is 8.42 Å². The van der Waals surface area contributed by atoms with Gasteiger partial charge in [0.1, 0.15) is 10.6 Å². The van der Waals surface area contributed by atoms with E-state index in [0.717, 1.165) is 0 Å². The first-order chi connectivity index (χ1) is 9.26. The first-order valence-corrected chi connectivity index (χ1v) is 7.86. The highest BCUT2D eigenvalue weighted by atomic mass is 32.2. The second-order valence-electron chi connectivity index (χ2n) is 5.31. The van der Waals surface area contributed by atoms with Gasteiger partial charge in [-0.2, -0.15) is 4.31 Å². The van der Waals surface area contributed by atoms with Crippen molar-refractivity contribution >= 4 is 15.7 Å². The molecule has 1 saturated heterocycles. The Labute approximate surface area is 119 Å². The van der Waals surface area contributed by atoms with Gasteiger partial charge in [-0.3, -0.25) is 0 Å². The molecule has 1 aliphatic heterocycles. The molecule has 7 heteroatoms. The van der Waals surface area contributed by atoms with Gasteiger partial charge in [0.2, 0.25) is 10.0 Å². The standard InChI is InChI=1S/C13H20N2O4S/c1-13(16)5-7-15(8-6-13)20(17,18)12-4-3-10(14)9-11(12)19-2/h3-4,9,16H,5-8,14H2,1-2H3. The predicted molar refractivity (Wildman–Crippen MR) is 76.0 cm³/mol. The minimum atomic E-state index is -3.63. The Morgan fingerprint density at radius 1 is 1.35 bits per heavy atom. The lowest BCUT2D eigenvalue weighted by Gasteiger charge is -2.35. The van der Waals surface area contributed by atoms with E-state index in [1.165, 1.54) is 29.6 Å². The zero-order valence-electron chi connectivity index (χ0n) is 11.7. The van der Waals surface area contributed by atoms with Crippen molar-refractivity contribution in [3.05, 3.63) is 18.2 Å². The monoisotopic (exact) mass is 300 g/mol. The van der Waals surface area contributed by atoms with Crippen molar-refractivity contribution in [2.24, 2.45) is 0 Å². The number of nitrogen functional groups attached to an aromatic ring is 1. The van der Waals surface area contributed by atoms with Crippen LogP contribution in [0.5, 0.6) is 5.75 Å². The SMILES string of the molecule is COc1cc(N)ccc1S(=O)(=O)N1CCC(C)(O)CC1. The van der Waals surface area contributed by atoms with Crippen LogP contribution < -0.4 is 10.5 Å². The van der Waals surface area contributed by atoms with E-state index in [2.05, 4.69) is 0 Å². The zero-order chi connectivity index (χ0) is 15.0. The van der Waals surface area contributed by atoms with E-state index in [0.29, 0.717) is 31.6 Å². The van der Waals surface area contributed by atoms with Crippen LogP contribution in [0.3, 0.4) is 0 Å². The lowest BCUT2D eigenvalue weighted by molar-refractivity contribution is 0.0126. The van der Waals surface area contributed by atoms with E-state index in [1.54, 1.807) is 6.92 Å². The highest BCUT2D eigenvalue weighted by Gasteiger charge is 2.35. The molecule has 0 radical (unpaired) electrons. The van der Waals surface area contributed by atoms with Crippen LogP contribution in [0.2, 0.25) is 0 Å². The average molecular weight is 300 g/mol. The predicted octanol–water partition coefficient (Wildman–Crippen LogP) is 0.813. The third kappa shape index (κ3) is 2.89. The van der Waals surface area contributed by atoms with Crippen molar-refractivity contribution in [1.82, 2.24) is 4.31 Å². The molecule has 0 aliphatic carbocycles. The van der Waals surface area contributed by atoms with Crippen LogP contribution in [-0.4, -0.2) is 43.6 Å². The molecule has 1 fully saturated rings. The van der Waals surface area contributed by atoms with Crippen LogP contribution in [0.15, 0.2) is 23.1 Å². The molecule has 0 saturated carbocycles. The first-order valence-electron chi connectivity index (χ1n) is 6.42. The lowest BCUT2D eigenvalue weighted by atomic mass is 9.95. The van der Waals surface area contributed by atoms with Crippen LogP contribution >= 0.6 is 0 Å². The van der Waals surface area contributed by atoms with Crippen molar-refractivity contribution in [3.63, 3.8) is 0 Å². The molecule has 1 aromatic carbocycles. The Balaban J connectivity index is 2.32. The quantitative estimate of drug-likeness (QED) is 0.806. The van der Waals surface area contributed by atoms with Crippen LogP contribution in [-0.2, 0) is 10.0 Å². The molecular formula is C13H20N2O4S. The minimum Gasteiger partial charge on any atom is -0.495 e. The van der Waals surface area contributed by atoms with Gasteiger partial charge in [0.05, 0.1) is 12.7 Å². The summed E-state index contributed by atoms with van der Waals surface area (Å²) in [5.41, 5.74) is 5.29. The number of nitrogens with two attached hydrogens (primary N) is 1. The van der Waals surface area contributed by atoms with Gasteiger partial charge in [0.25, 0.3) is 0 Å². The van der Waals surface area contributed by atoms with Gasteiger partial charge in [-0.1, -0.05) is 0 Å². The fourth-order valence-corrected chi connectivity index (χ4v) is 3.82. The molecule has 2 rings (SSSR count). The number of benzene rings is 1. The molecule has 0 atom stereocenters. The second-order valence-corrected chi connectivity index (χ2v) is 7.22. The molecule has 1 heterocycles. The molecule has 1 aliphatic rings. The fraction of sp³-hybridized carbons (Fsp3) is 0.538. The normalized spacial score (nSPS) is 19.8. The van der Waals surface area contributed by atoms with Gasteiger partial charge < -0.3 is 15.6 Å². The van der Waals surface area contributed by atoms with Crippen LogP contribution in [0.1, 0.15) is 19.8 Å². The van der Waals surface area contributed by atoms with Crippen molar-refractivity contribution in [1.29, 1.82) is 0 Å². The van der Waals surface area contributed by atoms with Gasteiger partial charge in [-0.15, -0.1) is 0 Å². The summed E-state index contributed by atoms with van der Waals surface area (Å²) in [5.74, 6) is 0.238. The molecule has 6 nitrogen and oxygen atoms in total. The molecule has 0 bridgehead atoms. The molecule has 0 aromatic heterocycles. The summed E-state index contributed by atoms with van der Waals surface area (Å²) in [7, 11) is -2.22. The van der Waals surface area contributed by atoms with Crippen molar-refractivity contribution < 1.29 is 18.3 Å². The summed E-state index contributed by atoms with van der Waals surface area (Å²) in [5, 5.41) is 9.90. The summed E-state index contributed by atoms with van der Waals surface area (Å²) in [6, 6.07) is 4.48. The summed E-state index contributed by atoms with van der Waals surface area (Å²) < 4.78 is 31.7. The summed E-state index contributed by atoms with van der Waals surface area (Å²) >= 11 is 0. The maximum absolute atomic E-state index is 12.6. The number of rotatable bonds is 3. The summed E-state index contributed by atoms with van der Waals surface area (Å²) in [6.45, 7) is 2.31. The highest BCUT2D eigenvalue weighted by Crippen LogP contribution is 2.31. The number of nitrogens with zero attached hydrogens (tertiary/aromatic N) is 1. The molecule has 0 unspecified atom stereocenters. The number of hydrogen-bond acceptors (Lipinski definition) is 5. The summed E-state index contributed by atoms with van der Waals surface area (Å²) in [6.07, 6.45) is 0.840. The topological polar surface area (TPSA) is 92.9 Å². The average Bonchev–Trinajstić information content (AvgIpc) is 2.37. The summed E-state index contributed by atoms with van der Waals surface area (Å²) in [4.78, 5) is 0.107. The van der Waals surface area contributed by atoms with Crippen molar-refractivity contribution in [2.75, 3.05) is 25.9 Å². The Morgan fingerprint density at radius 3 is 2.50 bits per heavy atom. The minimum absolute atomic E-state index is 0.107. The highest BCUT2D eigenvalue weighted by molar-refractivity contribution is 7.89. The molecule has 0 spiro atoms. The van der Waals surface area contributed by atoms with Gasteiger partial charge in [0.15, 0.2) is 0 Å². The number of piperidine rings is 1. The Kier molecular flexibility index (Phi) is 3.95. The van der Waals surface area contributed by atoms with Gasteiger partial charge in [0, 0.05) is 24.8 Å². The number of hydrogen-bond donors (Lipinski definition) is 2.